The van der Waals surface area contributed by atoms with Crippen LogP contribution in [0.5, 0.6) is 0 Å². The Labute approximate surface area is 123 Å². The standard InChI is InChI=1S/C15H18ClNO3/c1-3-15(14(19)20)7-4-8-17(15)13(18)12-6-5-11(16)9-10(12)2/h5-6,9H,3-4,7-8H2,1-2H3,(H,19,20). The Balaban J connectivity index is 2.39. The van der Waals surface area contributed by atoms with E-state index >= 15 is 0 Å². The summed E-state index contributed by atoms with van der Waals surface area (Å²) >= 11 is 5.90. The van der Waals surface area contributed by atoms with Crippen LogP contribution in [0, 0.1) is 6.92 Å². The SMILES string of the molecule is CCC1(C(=O)O)CCCN1C(=O)c1ccc(Cl)cc1C. The van der Waals surface area contributed by atoms with E-state index in [1.807, 2.05) is 13.8 Å². The van der Waals surface area contributed by atoms with Crippen LogP contribution in [0.1, 0.15) is 42.1 Å². The third-order valence-corrected chi connectivity index (χ3v) is 4.37. The molecule has 1 N–H and O–H groups in total. The van der Waals surface area contributed by atoms with E-state index in [2.05, 4.69) is 0 Å². The van der Waals surface area contributed by atoms with Gasteiger partial charge in [-0.15, -0.1) is 0 Å². The van der Waals surface area contributed by atoms with Gasteiger partial charge in [0.2, 0.25) is 0 Å². The number of benzene rings is 1. The minimum atomic E-state index is -1.07. The number of rotatable bonds is 3. The van der Waals surface area contributed by atoms with Gasteiger partial charge >= 0.3 is 5.97 Å². The number of hydrogen-bond acceptors (Lipinski definition) is 2. The van der Waals surface area contributed by atoms with Gasteiger partial charge in [-0.05, 0) is 49.9 Å². The lowest BCUT2D eigenvalue weighted by Crippen LogP contribution is -2.52. The summed E-state index contributed by atoms with van der Waals surface area (Å²) in [6.07, 6.45) is 1.65. The fourth-order valence-corrected chi connectivity index (χ4v) is 3.15. The van der Waals surface area contributed by atoms with Gasteiger partial charge in [0.05, 0.1) is 0 Å². The second-order valence-electron chi connectivity index (χ2n) is 5.21. The van der Waals surface area contributed by atoms with Crippen LogP contribution in [0.3, 0.4) is 0 Å². The monoisotopic (exact) mass is 295 g/mol. The van der Waals surface area contributed by atoms with Crippen LogP contribution < -0.4 is 0 Å². The van der Waals surface area contributed by atoms with Crippen molar-refractivity contribution in [2.45, 2.75) is 38.6 Å². The summed E-state index contributed by atoms with van der Waals surface area (Å²) in [5.41, 5.74) is 0.226. The molecular weight excluding hydrogens is 278 g/mol. The van der Waals surface area contributed by atoms with Crippen LogP contribution >= 0.6 is 11.6 Å². The Morgan fingerprint density at radius 3 is 2.70 bits per heavy atom. The average molecular weight is 296 g/mol. The molecule has 1 aliphatic heterocycles. The van der Waals surface area contributed by atoms with Gasteiger partial charge in [-0.2, -0.15) is 0 Å². The summed E-state index contributed by atoms with van der Waals surface area (Å²) in [5.74, 6) is -1.14. The molecule has 0 saturated carbocycles. The fourth-order valence-electron chi connectivity index (χ4n) is 2.93. The van der Waals surface area contributed by atoms with Gasteiger partial charge < -0.3 is 10.0 Å². The van der Waals surface area contributed by atoms with Gasteiger partial charge in [0.15, 0.2) is 0 Å². The van der Waals surface area contributed by atoms with Crippen LogP contribution in [0.2, 0.25) is 5.02 Å². The van der Waals surface area contributed by atoms with Crippen molar-refractivity contribution >= 4 is 23.5 Å². The summed E-state index contributed by atoms with van der Waals surface area (Å²) in [7, 11) is 0. The molecule has 108 valence electrons. The summed E-state index contributed by atoms with van der Waals surface area (Å²) < 4.78 is 0. The van der Waals surface area contributed by atoms with Gasteiger partial charge in [-0.1, -0.05) is 18.5 Å². The predicted molar refractivity (Wildman–Crippen MR) is 77.1 cm³/mol. The molecule has 1 amide bonds. The number of nitrogens with zero attached hydrogens (tertiary/aromatic N) is 1. The molecular formula is C15H18ClNO3. The fraction of sp³-hybridized carbons (Fsp3) is 0.467. The largest absolute Gasteiger partial charge is 0.479 e. The number of halogens is 1. The van der Waals surface area contributed by atoms with E-state index in [4.69, 9.17) is 11.6 Å². The molecule has 1 atom stereocenters. The zero-order chi connectivity index (χ0) is 14.9. The Morgan fingerprint density at radius 1 is 1.45 bits per heavy atom. The molecule has 1 saturated heterocycles. The highest BCUT2D eigenvalue weighted by molar-refractivity contribution is 6.30. The lowest BCUT2D eigenvalue weighted by Gasteiger charge is -2.34. The van der Waals surface area contributed by atoms with Crippen LogP contribution in [-0.4, -0.2) is 34.0 Å². The number of aryl methyl sites for hydroxylation is 1. The van der Waals surface area contributed by atoms with Crippen molar-refractivity contribution in [3.05, 3.63) is 34.3 Å². The van der Waals surface area contributed by atoms with Crippen LogP contribution in [0.25, 0.3) is 0 Å². The molecule has 0 radical (unpaired) electrons. The maximum absolute atomic E-state index is 12.7. The predicted octanol–water partition coefficient (Wildman–Crippen LogP) is 3.12. The normalized spacial score (nSPS) is 22.1. The van der Waals surface area contributed by atoms with Crippen LogP contribution in [-0.2, 0) is 4.79 Å². The number of carbonyl (C=O) groups is 2. The minimum absolute atomic E-state index is 0.221. The smallest absolute Gasteiger partial charge is 0.329 e. The van der Waals surface area contributed by atoms with Crippen LogP contribution in [0.4, 0.5) is 0 Å². The number of likely N-dealkylation sites (tertiary alicyclic amines) is 1. The lowest BCUT2D eigenvalue weighted by atomic mass is 9.92. The molecule has 20 heavy (non-hydrogen) atoms. The first-order chi connectivity index (χ1) is 9.42. The molecule has 1 heterocycles. The second-order valence-corrected chi connectivity index (χ2v) is 5.65. The summed E-state index contributed by atoms with van der Waals surface area (Å²) in [4.78, 5) is 25.8. The van der Waals surface area contributed by atoms with Gasteiger partial charge in [-0.25, -0.2) is 4.79 Å². The van der Waals surface area contributed by atoms with Gasteiger partial charge in [0, 0.05) is 17.1 Å². The van der Waals surface area contributed by atoms with E-state index < -0.39 is 11.5 Å². The zero-order valence-corrected chi connectivity index (χ0v) is 12.4. The summed E-state index contributed by atoms with van der Waals surface area (Å²) in [6.45, 7) is 4.11. The molecule has 4 nitrogen and oxygen atoms in total. The second kappa shape index (κ2) is 5.44. The quantitative estimate of drug-likeness (QED) is 0.932. The molecule has 2 rings (SSSR count). The molecule has 1 aromatic carbocycles. The maximum Gasteiger partial charge on any atom is 0.329 e. The van der Waals surface area contributed by atoms with Crippen molar-refractivity contribution in [1.29, 1.82) is 0 Å². The van der Waals surface area contributed by atoms with Crippen molar-refractivity contribution in [1.82, 2.24) is 4.90 Å². The van der Waals surface area contributed by atoms with E-state index in [9.17, 15) is 14.7 Å². The number of carbonyl (C=O) groups excluding carboxylic acids is 1. The van der Waals surface area contributed by atoms with E-state index in [1.54, 1.807) is 18.2 Å². The van der Waals surface area contributed by atoms with E-state index in [-0.39, 0.29) is 5.91 Å². The molecule has 0 bridgehead atoms. The first kappa shape index (κ1) is 14.9. The number of amides is 1. The van der Waals surface area contributed by atoms with Crippen LogP contribution in [0.15, 0.2) is 18.2 Å². The zero-order valence-electron chi connectivity index (χ0n) is 11.6. The Hall–Kier alpha value is -1.55. The van der Waals surface area contributed by atoms with Crippen molar-refractivity contribution in [3.8, 4) is 0 Å². The number of carboxylic acids is 1. The van der Waals surface area contributed by atoms with E-state index in [0.717, 1.165) is 12.0 Å². The maximum atomic E-state index is 12.7. The Bertz CT molecular complexity index is 558. The molecule has 1 fully saturated rings. The first-order valence-corrected chi connectivity index (χ1v) is 7.11. The highest BCUT2D eigenvalue weighted by atomic mass is 35.5. The van der Waals surface area contributed by atoms with Gasteiger partial charge in [0.25, 0.3) is 5.91 Å². The molecule has 1 aromatic rings. The Kier molecular flexibility index (Phi) is 4.04. The number of carboxylic acid groups (broad SMARTS) is 1. The topological polar surface area (TPSA) is 57.6 Å². The van der Waals surface area contributed by atoms with Gasteiger partial charge in [-0.3, -0.25) is 4.79 Å². The number of aliphatic carboxylic acids is 1. The minimum Gasteiger partial charge on any atom is -0.479 e. The summed E-state index contributed by atoms with van der Waals surface area (Å²) in [6, 6.07) is 5.05. The van der Waals surface area contributed by atoms with Crippen molar-refractivity contribution < 1.29 is 14.7 Å². The molecule has 0 aromatic heterocycles. The van der Waals surface area contributed by atoms with Crippen molar-refractivity contribution in [2.24, 2.45) is 0 Å². The molecule has 1 unspecified atom stereocenters. The lowest BCUT2D eigenvalue weighted by molar-refractivity contribution is -0.148. The molecule has 0 spiro atoms. The average Bonchev–Trinajstić information content (AvgIpc) is 2.83. The highest BCUT2D eigenvalue weighted by Crippen LogP contribution is 2.34. The van der Waals surface area contributed by atoms with E-state index in [0.29, 0.717) is 30.0 Å². The Morgan fingerprint density at radius 2 is 2.15 bits per heavy atom. The molecule has 0 aliphatic carbocycles. The third-order valence-electron chi connectivity index (χ3n) is 4.14. The van der Waals surface area contributed by atoms with Crippen molar-refractivity contribution in [2.75, 3.05) is 6.54 Å². The molecule has 5 heteroatoms. The summed E-state index contributed by atoms with van der Waals surface area (Å²) in [5, 5.41) is 10.1. The van der Waals surface area contributed by atoms with Gasteiger partial charge in [0.1, 0.15) is 5.54 Å². The first-order valence-electron chi connectivity index (χ1n) is 6.74. The van der Waals surface area contributed by atoms with E-state index in [1.165, 1.54) is 4.90 Å². The third kappa shape index (κ3) is 2.29. The molecule has 1 aliphatic rings. The van der Waals surface area contributed by atoms with Crippen molar-refractivity contribution in [3.63, 3.8) is 0 Å². The highest BCUT2D eigenvalue weighted by Gasteiger charge is 2.48. The number of hydrogen-bond donors (Lipinski definition) is 1.